The summed E-state index contributed by atoms with van der Waals surface area (Å²) in [6.07, 6.45) is 5.48. The van der Waals surface area contributed by atoms with E-state index in [0.29, 0.717) is 6.54 Å². The number of halogens is 2. The Bertz CT molecular complexity index is 754. The van der Waals surface area contributed by atoms with Gasteiger partial charge >= 0.3 is 0 Å². The third-order valence-corrected chi connectivity index (χ3v) is 4.13. The molecule has 0 bridgehead atoms. The van der Waals surface area contributed by atoms with Crippen LogP contribution in [-0.2, 0) is 6.54 Å². The summed E-state index contributed by atoms with van der Waals surface area (Å²) in [6, 6.07) is 10.2. The van der Waals surface area contributed by atoms with Crippen LogP contribution in [0.5, 0.6) is 0 Å². The highest BCUT2D eigenvalue weighted by molar-refractivity contribution is 9.11. The fourth-order valence-corrected chi connectivity index (χ4v) is 3.15. The molecule has 3 rings (SSSR count). The molecule has 0 spiro atoms. The molecule has 3 aromatic rings. The lowest BCUT2D eigenvalue weighted by atomic mass is 10.1. The summed E-state index contributed by atoms with van der Waals surface area (Å²) in [5.74, 6) is 0. The number of pyridine rings is 2. The summed E-state index contributed by atoms with van der Waals surface area (Å²) in [7, 11) is 0. The molecule has 5 heteroatoms. The van der Waals surface area contributed by atoms with Crippen molar-refractivity contribution in [2.75, 3.05) is 5.32 Å². The number of rotatable bonds is 3. The Balaban J connectivity index is 1.87. The molecule has 0 unspecified atom stereocenters. The summed E-state index contributed by atoms with van der Waals surface area (Å²) in [5, 5.41) is 5.70. The number of hydrogen-bond donors (Lipinski definition) is 1. The summed E-state index contributed by atoms with van der Waals surface area (Å²) in [6.45, 7) is 0.655. The number of benzene rings is 1. The van der Waals surface area contributed by atoms with E-state index in [1.54, 1.807) is 12.4 Å². The predicted octanol–water partition coefficient (Wildman–Crippen LogP) is 4.77. The zero-order valence-electron chi connectivity index (χ0n) is 10.5. The summed E-state index contributed by atoms with van der Waals surface area (Å²) >= 11 is 6.93. The van der Waals surface area contributed by atoms with Crippen molar-refractivity contribution in [2.24, 2.45) is 0 Å². The molecule has 0 aliphatic heterocycles. The lowest BCUT2D eigenvalue weighted by Gasteiger charge is -2.10. The van der Waals surface area contributed by atoms with Gasteiger partial charge in [0.25, 0.3) is 0 Å². The summed E-state index contributed by atoms with van der Waals surface area (Å²) in [4.78, 5) is 8.59. The maximum Gasteiger partial charge on any atom is 0.0737 e. The van der Waals surface area contributed by atoms with Gasteiger partial charge in [-0.15, -0.1) is 0 Å². The van der Waals surface area contributed by atoms with Gasteiger partial charge in [0.2, 0.25) is 0 Å². The van der Waals surface area contributed by atoms with Crippen molar-refractivity contribution < 1.29 is 0 Å². The van der Waals surface area contributed by atoms with Gasteiger partial charge < -0.3 is 5.32 Å². The fourth-order valence-electron chi connectivity index (χ4n) is 2.02. The van der Waals surface area contributed by atoms with Crippen molar-refractivity contribution in [3.05, 3.63) is 63.6 Å². The number of anilines is 1. The maximum absolute atomic E-state index is 4.40. The van der Waals surface area contributed by atoms with Crippen LogP contribution < -0.4 is 5.32 Å². The van der Waals surface area contributed by atoms with Crippen LogP contribution >= 0.6 is 31.9 Å². The van der Waals surface area contributed by atoms with Gasteiger partial charge in [-0.25, -0.2) is 0 Å². The molecule has 0 saturated heterocycles. The predicted molar refractivity (Wildman–Crippen MR) is 88.7 cm³/mol. The van der Waals surface area contributed by atoms with Crippen LogP contribution in [0.25, 0.3) is 10.8 Å². The van der Waals surface area contributed by atoms with Crippen LogP contribution in [0.15, 0.2) is 57.9 Å². The van der Waals surface area contributed by atoms with Crippen LogP contribution in [-0.4, -0.2) is 9.97 Å². The number of nitrogens with zero attached hydrogens (tertiary/aromatic N) is 2. The van der Waals surface area contributed by atoms with Gasteiger partial charge in [-0.05, 0) is 55.4 Å². The topological polar surface area (TPSA) is 37.8 Å². The smallest absolute Gasteiger partial charge is 0.0737 e. The Hall–Kier alpha value is -1.46. The molecule has 0 aliphatic rings. The van der Waals surface area contributed by atoms with Crippen molar-refractivity contribution in [1.29, 1.82) is 0 Å². The van der Waals surface area contributed by atoms with E-state index in [9.17, 15) is 0 Å². The van der Waals surface area contributed by atoms with Gasteiger partial charge in [-0.1, -0.05) is 12.1 Å². The first-order valence-corrected chi connectivity index (χ1v) is 7.69. The molecule has 0 aliphatic carbocycles. The average molecular weight is 393 g/mol. The van der Waals surface area contributed by atoms with E-state index >= 15 is 0 Å². The molecule has 1 aromatic carbocycles. The Morgan fingerprint density at radius 1 is 1.10 bits per heavy atom. The Kier molecular flexibility index (Phi) is 3.98. The van der Waals surface area contributed by atoms with Gasteiger partial charge in [-0.3, -0.25) is 9.97 Å². The van der Waals surface area contributed by atoms with Gasteiger partial charge in [0.1, 0.15) is 0 Å². The Morgan fingerprint density at radius 2 is 2.00 bits per heavy atom. The fraction of sp³-hybridized carbons (Fsp3) is 0.0667. The van der Waals surface area contributed by atoms with Crippen LogP contribution in [0.4, 0.5) is 5.69 Å². The van der Waals surface area contributed by atoms with Gasteiger partial charge in [0.05, 0.1) is 12.2 Å². The van der Waals surface area contributed by atoms with Crippen LogP contribution in [0, 0.1) is 0 Å². The molecular formula is C15H11Br2N3. The first-order chi connectivity index (χ1) is 9.74. The SMILES string of the molecule is Brc1cnc(CNc2cccc3ccncc23)c(Br)c1. The summed E-state index contributed by atoms with van der Waals surface area (Å²) in [5.41, 5.74) is 2.03. The lowest BCUT2D eigenvalue weighted by molar-refractivity contribution is 1.03. The Morgan fingerprint density at radius 3 is 2.85 bits per heavy atom. The largest absolute Gasteiger partial charge is 0.379 e. The average Bonchev–Trinajstić information content (AvgIpc) is 2.46. The number of aromatic nitrogens is 2. The number of hydrogen-bond acceptors (Lipinski definition) is 3. The highest BCUT2D eigenvalue weighted by Gasteiger charge is 2.04. The third-order valence-electron chi connectivity index (χ3n) is 3.01. The standard InChI is InChI=1S/C15H11Br2N3/c16-11-6-13(17)15(19-7-11)9-20-14-3-1-2-10-4-5-18-8-12(10)14/h1-8,20H,9H2. The molecule has 3 nitrogen and oxygen atoms in total. The second kappa shape index (κ2) is 5.89. The minimum absolute atomic E-state index is 0.655. The first-order valence-electron chi connectivity index (χ1n) is 6.10. The molecule has 0 radical (unpaired) electrons. The van der Waals surface area contributed by atoms with E-state index in [1.165, 1.54) is 5.39 Å². The molecule has 0 atom stereocenters. The zero-order chi connectivity index (χ0) is 13.9. The van der Waals surface area contributed by atoms with Crippen molar-refractivity contribution in [3.63, 3.8) is 0 Å². The molecular weight excluding hydrogens is 382 g/mol. The van der Waals surface area contributed by atoms with Crippen molar-refractivity contribution >= 4 is 48.3 Å². The second-order valence-electron chi connectivity index (χ2n) is 4.34. The van der Waals surface area contributed by atoms with Crippen molar-refractivity contribution in [2.45, 2.75) is 6.54 Å². The molecule has 2 aromatic heterocycles. The molecule has 20 heavy (non-hydrogen) atoms. The summed E-state index contributed by atoms with van der Waals surface area (Å²) < 4.78 is 1.94. The highest BCUT2D eigenvalue weighted by atomic mass is 79.9. The van der Waals surface area contributed by atoms with E-state index in [4.69, 9.17) is 0 Å². The normalized spacial score (nSPS) is 10.7. The first kappa shape index (κ1) is 13.5. The molecule has 0 amide bonds. The zero-order valence-corrected chi connectivity index (χ0v) is 13.6. The van der Waals surface area contributed by atoms with Gasteiger partial charge in [0.15, 0.2) is 0 Å². The minimum atomic E-state index is 0.655. The van der Waals surface area contributed by atoms with E-state index in [0.717, 1.165) is 25.7 Å². The molecule has 0 saturated carbocycles. The van der Waals surface area contributed by atoms with Crippen LogP contribution in [0.1, 0.15) is 5.69 Å². The molecule has 2 heterocycles. The molecule has 0 fully saturated rings. The van der Waals surface area contributed by atoms with Crippen LogP contribution in [0.2, 0.25) is 0 Å². The number of fused-ring (bicyclic) bond motifs is 1. The van der Waals surface area contributed by atoms with Crippen LogP contribution in [0.3, 0.4) is 0 Å². The highest BCUT2D eigenvalue weighted by Crippen LogP contribution is 2.24. The van der Waals surface area contributed by atoms with E-state index in [-0.39, 0.29) is 0 Å². The van der Waals surface area contributed by atoms with Gasteiger partial charge in [-0.2, -0.15) is 0 Å². The quantitative estimate of drug-likeness (QED) is 0.697. The van der Waals surface area contributed by atoms with Crippen molar-refractivity contribution in [3.8, 4) is 0 Å². The van der Waals surface area contributed by atoms with Crippen molar-refractivity contribution in [1.82, 2.24) is 9.97 Å². The molecule has 1 N–H and O–H groups in total. The van der Waals surface area contributed by atoms with Gasteiger partial charge in [0, 0.05) is 38.6 Å². The minimum Gasteiger partial charge on any atom is -0.379 e. The van der Waals surface area contributed by atoms with E-state index in [2.05, 4.69) is 59.3 Å². The monoisotopic (exact) mass is 391 g/mol. The Labute approximate surface area is 133 Å². The number of nitrogens with one attached hydrogen (secondary N) is 1. The second-order valence-corrected chi connectivity index (χ2v) is 6.11. The third kappa shape index (κ3) is 2.83. The molecule has 100 valence electrons. The maximum atomic E-state index is 4.40. The van der Waals surface area contributed by atoms with E-state index < -0.39 is 0 Å². The van der Waals surface area contributed by atoms with E-state index in [1.807, 2.05) is 24.4 Å². The lowest BCUT2D eigenvalue weighted by Crippen LogP contribution is -2.03.